The molecule has 0 unspecified atom stereocenters. The number of benzene rings is 7. The van der Waals surface area contributed by atoms with Gasteiger partial charge in [-0.25, -0.2) is 0 Å². The van der Waals surface area contributed by atoms with E-state index >= 15 is 0 Å². The van der Waals surface area contributed by atoms with Gasteiger partial charge in [0.25, 0.3) is 0 Å². The molecule has 0 radical (unpaired) electrons. The van der Waals surface area contributed by atoms with Crippen molar-refractivity contribution in [3.8, 4) is 0 Å². The maximum Gasteiger partial charge on any atom is 0.194 e. The molecule has 0 aliphatic rings. The van der Waals surface area contributed by atoms with Gasteiger partial charge in [0.1, 0.15) is 0 Å². The predicted molar refractivity (Wildman–Crippen MR) is 135 cm³/mol. The Morgan fingerprint density at radius 2 is 0.938 bits per heavy atom. The molecule has 0 bridgehead atoms. The van der Waals surface area contributed by atoms with Crippen molar-refractivity contribution in [2.75, 3.05) is 0 Å². The van der Waals surface area contributed by atoms with Gasteiger partial charge in [-0.2, -0.15) is 0 Å². The SMILES string of the molecule is O=C(c1cccc2ccccc12)c1ccc2cccc3c4cccc5cccc(c1c23)c54. The molecule has 7 aromatic rings. The molecule has 32 heavy (non-hydrogen) atoms. The molecule has 0 heterocycles. The highest BCUT2D eigenvalue weighted by atomic mass is 16.1. The lowest BCUT2D eigenvalue weighted by Crippen LogP contribution is -2.04. The van der Waals surface area contributed by atoms with Crippen molar-refractivity contribution in [3.05, 3.63) is 120 Å². The fraction of sp³-hybridized carbons (Fsp3) is 0. The summed E-state index contributed by atoms with van der Waals surface area (Å²) in [6.45, 7) is 0. The van der Waals surface area contributed by atoms with Gasteiger partial charge in [0.05, 0.1) is 0 Å². The van der Waals surface area contributed by atoms with Gasteiger partial charge >= 0.3 is 0 Å². The molecule has 1 heteroatoms. The molecule has 0 aromatic heterocycles. The zero-order chi connectivity index (χ0) is 21.2. The summed E-state index contributed by atoms with van der Waals surface area (Å²) in [4.78, 5) is 14.1. The number of fused-ring (bicyclic) bond motifs is 3. The number of carbonyl (C=O) groups excluding carboxylic acids is 1. The van der Waals surface area contributed by atoms with E-state index in [1.807, 2.05) is 36.4 Å². The van der Waals surface area contributed by atoms with Gasteiger partial charge in [0, 0.05) is 16.5 Å². The summed E-state index contributed by atoms with van der Waals surface area (Å²) in [6.07, 6.45) is 0. The van der Waals surface area contributed by atoms with Crippen LogP contribution in [0.5, 0.6) is 0 Å². The van der Waals surface area contributed by atoms with E-state index in [9.17, 15) is 4.79 Å². The molecule has 0 atom stereocenters. The Hall–Kier alpha value is -4.23. The van der Waals surface area contributed by atoms with Crippen LogP contribution in [-0.4, -0.2) is 5.78 Å². The third kappa shape index (κ3) is 2.25. The Kier molecular flexibility index (Phi) is 3.48. The van der Waals surface area contributed by atoms with E-state index < -0.39 is 0 Å². The number of carbonyl (C=O) groups is 1. The largest absolute Gasteiger partial charge is 0.289 e. The topological polar surface area (TPSA) is 17.1 Å². The maximum atomic E-state index is 14.1. The molecule has 1 nitrogen and oxygen atoms in total. The van der Waals surface area contributed by atoms with E-state index in [0.717, 1.165) is 32.7 Å². The molecule has 0 spiro atoms. The van der Waals surface area contributed by atoms with Crippen LogP contribution in [0.15, 0.2) is 109 Å². The first kappa shape index (κ1) is 17.5. The standard InChI is InChI=1S/C31H18O/c32-31(25-15-3-8-19-7-1-2-12-22(19)25)27-18-17-21-11-5-14-24-23-13-4-9-20-10-6-16-26(28(20)23)30(27)29(21)24/h1-18H. The summed E-state index contributed by atoms with van der Waals surface area (Å²) in [5.74, 6) is 0.0740. The van der Waals surface area contributed by atoms with Crippen molar-refractivity contribution in [3.63, 3.8) is 0 Å². The summed E-state index contributed by atoms with van der Waals surface area (Å²) >= 11 is 0. The van der Waals surface area contributed by atoms with Crippen molar-refractivity contribution < 1.29 is 4.79 Å². The monoisotopic (exact) mass is 406 g/mol. The molecule has 0 aliphatic carbocycles. The highest BCUT2D eigenvalue weighted by molar-refractivity contribution is 6.37. The van der Waals surface area contributed by atoms with Crippen molar-refractivity contribution >= 4 is 59.6 Å². The number of hydrogen-bond donors (Lipinski definition) is 0. The minimum absolute atomic E-state index is 0.0740. The number of rotatable bonds is 2. The highest BCUT2D eigenvalue weighted by Gasteiger charge is 2.20. The van der Waals surface area contributed by atoms with Gasteiger partial charge in [-0.15, -0.1) is 0 Å². The van der Waals surface area contributed by atoms with Crippen LogP contribution in [0.2, 0.25) is 0 Å². The average molecular weight is 406 g/mol. The third-order valence-electron chi connectivity index (χ3n) is 6.79. The Labute approximate surface area is 184 Å². The molecule has 148 valence electrons. The van der Waals surface area contributed by atoms with Gasteiger partial charge < -0.3 is 0 Å². The molecular formula is C31H18O. The van der Waals surface area contributed by atoms with E-state index in [1.165, 1.54) is 32.3 Å². The third-order valence-corrected chi connectivity index (χ3v) is 6.79. The normalized spacial score (nSPS) is 11.9. The molecule has 0 N–H and O–H groups in total. The van der Waals surface area contributed by atoms with Crippen molar-refractivity contribution in [1.29, 1.82) is 0 Å². The van der Waals surface area contributed by atoms with Crippen LogP contribution in [0, 0.1) is 0 Å². The fourth-order valence-electron chi connectivity index (χ4n) is 5.41. The van der Waals surface area contributed by atoms with E-state index in [4.69, 9.17) is 0 Å². The summed E-state index contributed by atoms with van der Waals surface area (Å²) < 4.78 is 0. The number of ketones is 1. The van der Waals surface area contributed by atoms with Crippen molar-refractivity contribution in [2.24, 2.45) is 0 Å². The Morgan fingerprint density at radius 3 is 1.75 bits per heavy atom. The van der Waals surface area contributed by atoms with E-state index in [1.54, 1.807) is 0 Å². The van der Waals surface area contributed by atoms with Crippen LogP contribution < -0.4 is 0 Å². The van der Waals surface area contributed by atoms with E-state index in [2.05, 4.69) is 72.8 Å². The smallest absolute Gasteiger partial charge is 0.194 e. The van der Waals surface area contributed by atoms with Crippen LogP contribution in [0.4, 0.5) is 0 Å². The van der Waals surface area contributed by atoms with Gasteiger partial charge in [-0.05, 0) is 54.5 Å². The highest BCUT2D eigenvalue weighted by Crippen LogP contribution is 2.42. The van der Waals surface area contributed by atoms with Crippen LogP contribution >= 0.6 is 0 Å². The maximum absolute atomic E-state index is 14.1. The second-order valence-corrected chi connectivity index (χ2v) is 8.46. The molecular weight excluding hydrogens is 388 g/mol. The predicted octanol–water partition coefficient (Wildman–Crippen LogP) is 8.12. The lowest BCUT2D eigenvalue weighted by molar-refractivity contribution is 0.104. The van der Waals surface area contributed by atoms with E-state index in [0.29, 0.717) is 0 Å². The summed E-state index contributed by atoms with van der Waals surface area (Å²) in [6, 6.07) is 37.5. The van der Waals surface area contributed by atoms with Crippen molar-refractivity contribution in [2.45, 2.75) is 0 Å². The van der Waals surface area contributed by atoms with Crippen LogP contribution in [0.25, 0.3) is 53.9 Å². The quantitative estimate of drug-likeness (QED) is 0.161. The first-order chi connectivity index (χ1) is 15.8. The van der Waals surface area contributed by atoms with E-state index in [-0.39, 0.29) is 5.78 Å². The molecule has 0 saturated heterocycles. The fourth-order valence-corrected chi connectivity index (χ4v) is 5.41. The molecule has 7 rings (SSSR count). The van der Waals surface area contributed by atoms with Crippen molar-refractivity contribution in [1.82, 2.24) is 0 Å². The molecule has 0 fully saturated rings. The van der Waals surface area contributed by atoms with Crippen LogP contribution in [0.3, 0.4) is 0 Å². The molecule has 0 aliphatic heterocycles. The Morgan fingerprint density at radius 1 is 0.375 bits per heavy atom. The van der Waals surface area contributed by atoms with Gasteiger partial charge in [0.15, 0.2) is 5.78 Å². The molecule has 0 amide bonds. The second kappa shape index (κ2) is 6.38. The zero-order valence-electron chi connectivity index (χ0n) is 17.3. The van der Waals surface area contributed by atoms with Gasteiger partial charge in [-0.3, -0.25) is 4.79 Å². The zero-order valence-corrected chi connectivity index (χ0v) is 17.3. The first-order valence-corrected chi connectivity index (χ1v) is 10.9. The van der Waals surface area contributed by atoms with Crippen LogP contribution in [-0.2, 0) is 0 Å². The van der Waals surface area contributed by atoms with Gasteiger partial charge in [-0.1, -0.05) is 103 Å². The minimum atomic E-state index is 0.0740. The summed E-state index contributed by atoms with van der Waals surface area (Å²) in [7, 11) is 0. The molecule has 7 aromatic carbocycles. The van der Waals surface area contributed by atoms with Gasteiger partial charge in [0.2, 0.25) is 0 Å². The first-order valence-electron chi connectivity index (χ1n) is 10.9. The summed E-state index contributed by atoms with van der Waals surface area (Å²) in [5.41, 5.74) is 1.52. The van der Waals surface area contributed by atoms with Crippen LogP contribution in [0.1, 0.15) is 15.9 Å². The lowest BCUT2D eigenvalue weighted by Gasteiger charge is -2.17. The number of hydrogen-bond acceptors (Lipinski definition) is 1. The summed E-state index contributed by atoms with van der Waals surface area (Å²) in [5, 5.41) is 11.5. The Bertz CT molecular complexity index is 1830. The second-order valence-electron chi connectivity index (χ2n) is 8.46. The minimum Gasteiger partial charge on any atom is -0.289 e. The lowest BCUT2D eigenvalue weighted by atomic mass is 9.85. The Balaban J connectivity index is 1.68. The molecule has 0 saturated carbocycles. The average Bonchev–Trinajstić information content (AvgIpc) is 2.86.